The molecule has 0 radical (unpaired) electrons. The van der Waals surface area contributed by atoms with Crippen molar-refractivity contribution in [2.45, 2.75) is 75.7 Å². The Hall–Kier alpha value is -6.83. The van der Waals surface area contributed by atoms with Crippen LogP contribution in [0.5, 0.6) is 5.75 Å². The van der Waals surface area contributed by atoms with E-state index in [2.05, 4.69) is 213 Å². The van der Waals surface area contributed by atoms with Crippen LogP contribution in [0.3, 0.4) is 0 Å². The van der Waals surface area contributed by atoms with Crippen LogP contribution in [0.25, 0.3) is 95.6 Å². The number of ether oxygens (including phenoxy) is 1. The Labute approximate surface area is 457 Å². The summed E-state index contributed by atoms with van der Waals surface area (Å²) >= 11 is 2.24. The Bertz CT molecular complexity index is 3750. The number of alkyl halides is 1. The van der Waals surface area contributed by atoms with E-state index in [4.69, 9.17) is 29.7 Å². The summed E-state index contributed by atoms with van der Waals surface area (Å²) in [7, 11) is 0. The zero-order chi connectivity index (χ0) is 50.3. The molecular weight excluding hydrogens is 1130 g/mol. The summed E-state index contributed by atoms with van der Waals surface area (Å²) in [4.78, 5) is 27.1. The van der Waals surface area contributed by atoms with Crippen molar-refractivity contribution in [3.8, 4) is 79.5 Å². The van der Waals surface area contributed by atoms with Gasteiger partial charge in [-0.05, 0) is 6.08 Å². The molecule has 7 nitrogen and oxygen atoms in total. The van der Waals surface area contributed by atoms with Crippen LogP contribution >= 0.6 is 22.6 Å². The van der Waals surface area contributed by atoms with Crippen molar-refractivity contribution in [1.82, 2.24) is 29.5 Å². The zero-order valence-electron chi connectivity index (χ0n) is 41.9. The second-order valence-electron chi connectivity index (χ2n) is 19.5. The number of hydrogen-bond donors (Lipinski definition) is 0. The molecule has 2 aliphatic rings. The first-order chi connectivity index (χ1) is 36.3. The monoisotopic (exact) mass is 1190 g/mol. The van der Waals surface area contributed by atoms with Gasteiger partial charge in [0.25, 0.3) is 0 Å². The van der Waals surface area contributed by atoms with Crippen molar-refractivity contribution < 1.29 is 25.9 Å². The average molecular weight is 1190 g/mol. The van der Waals surface area contributed by atoms with Crippen LogP contribution in [0.1, 0.15) is 69.1 Å². The van der Waals surface area contributed by atoms with Gasteiger partial charge >= 0.3 is 325 Å². The SMILES string of the molecule is CCCCc1cc(C)cc(-c2nc(-c3cc(I)cc([I-]C(C)CCC)c3)nc(-c3cc(-c4cc(-c5ccccc5)nc(-c5ccccc5)n4)ccc3-n3c4ccccc4c4c5c(ccc43)C3C=CC=CC3O5)n2)c1. The third kappa shape index (κ3) is 9.49. The second-order valence-corrected chi connectivity index (χ2v) is 24.7. The number of unbranched alkanes of at least 4 members (excludes halogenated alkanes) is 1. The van der Waals surface area contributed by atoms with Gasteiger partial charge in [0.15, 0.2) is 0 Å². The van der Waals surface area contributed by atoms with E-state index >= 15 is 0 Å². The molecule has 3 unspecified atom stereocenters. The van der Waals surface area contributed by atoms with Crippen LogP contribution in [0.4, 0.5) is 0 Å². The second kappa shape index (κ2) is 20.8. The third-order valence-corrected chi connectivity index (χ3v) is 17.7. The first-order valence-electron chi connectivity index (χ1n) is 25.8. The van der Waals surface area contributed by atoms with E-state index in [0.29, 0.717) is 27.2 Å². The Morgan fingerprint density at radius 2 is 1.31 bits per heavy atom. The molecule has 0 saturated heterocycles. The number of fused-ring (bicyclic) bond motifs is 7. The quantitative estimate of drug-likeness (QED) is 0.0797. The first-order valence-corrected chi connectivity index (χ1v) is 29.2. The normalized spacial score (nSPS) is 15.1. The fourth-order valence-electron chi connectivity index (χ4n) is 10.6. The molecule has 3 atom stereocenters. The van der Waals surface area contributed by atoms with Crippen LogP contribution in [0.2, 0.25) is 0 Å². The van der Waals surface area contributed by atoms with Gasteiger partial charge in [0.1, 0.15) is 6.10 Å². The van der Waals surface area contributed by atoms with Crippen LogP contribution < -0.4 is 25.9 Å². The van der Waals surface area contributed by atoms with Gasteiger partial charge < -0.3 is 4.74 Å². The van der Waals surface area contributed by atoms with E-state index in [1.807, 2.05) is 24.3 Å². The number of allylic oxidation sites excluding steroid dienone is 2. The number of aryl methyl sites for hydroxylation is 2. The Kier molecular flexibility index (Phi) is 13.5. The average Bonchev–Trinajstić information content (AvgIpc) is 3.99. The van der Waals surface area contributed by atoms with Crippen molar-refractivity contribution in [3.05, 3.63) is 206 Å². The van der Waals surface area contributed by atoms with Crippen molar-refractivity contribution in [2.75, 3.05) is 0 Å². The van der Waals surface area contributed by atoms with Crippen LogP contribution in [-0.4, -0.2) is 39.5 Å². The number of halogens is 2. The first kappa shape index (κ1) is 48.1. The summed E-state index contributed by atoms with van der Waals surface area (Å²) in [5.74, 6) is 3.64. The Morgan fingerprint density at radius 1 is 0.608 bits per heavy atom. The van der Waals surface area contributed by atoms with Gasteiger partial charge in [-0.15, -0.1) is 0 Å². The fourth-order valence-corrected chi connectivity index (χ4v) is 15.1. The molecule has 1 aliphatic heterocycles. The molecule has 0 N–H and O–H groups in total. The van der Waals surface area contributed by atoms with E-state index in [9.17, 15) is 0 Å². The van der Waals surface area contributed by atoms with Gasteiger partial charge in [0.05, 0.1) is 0 Å². The molecule has 0 amide bonds. The van der Waals surface area contributed by atoms with E-state index in [-0.39, 0.29) is 33.2 Å². The van der Waals surface area contributed by atoms with E-state index in [1.54, 1.807) is 0 Å². The summed E-state index contributed by atoms with van der Waals surface area (Å²) < 4.78 is 12.5. The molecule has 9 heteroatoms. The molecular formula is C65H55I2N6O-. The third-order valence-electron chi connectivity index (χ3n) is 14.1. The van der Waals surface area contributed by atoms with E-state index < -0.39 is 0 Å². The summed E-state index contributed by atoms with van der Waals surface area (Å²) in [5.41, 5.74) is 14.1. The van der Waals surface area contributed by atoms with Gasteiger partial charge in [0.2, 0.25) is 0 Å². The van der Waals surface area contributed by atoms with Crippen molar-refractivity contribution in [1.29, 1.82) is 0 Å². The molecule has 3 aromatic heterocycles. The molecule has 0 spiro atoms. The summed E-state index contributed by atoms with van der Waals surface area (Å²) in [6.45, 7) is 9.11. The standard InChI is InChI=1S/C65H55I2N6O/c1-5-7-19-42-32-40(3)33-46(34-42)63-70-64(47-35-48(66)38-49(36-47)67-41(4)18-6-2)72-65(71-63)53-37-45(55-39-54(43-20-10-8-11-21-43)68-62(69-55)44-22-12-9-13-23-44)28-30-57(53)73-56-26-16-14-25-52(56)60-58(73)31-29-51-50-24-15-17-27-59(50)74-61(51)60/h8-17,20-39,41,50,59H,5-7,18-19H2,1-4H3/q-1. The fraction of sp³-hybridized carbons (Fsp3) is 0.185. The van der Waals surface area contributed by atoms with E-state index in [1.165, 1.54) is 36.7 Å². The van der Waals surface area contributed by atoms with Crippen LogP contribution in [-0.2, 0) is 6.42 Å². The summed E-state index contributed by atoms with van der Waals surface area (Å²) in [6, 6.07) is 56.3. The molecule has 0 saturated carbocycles. The number of hydrogen-bond acceptors (Lipinski definition) is 6. The number of rotatable bonds is 14. The van der Waals surface area contributed by atoms with Gasteiger partial charge in [-0.1, -0.05) is 91.9 Å². The molecule has 7 aromatic carbocycles. The van der Waals surface area contributed by atoms with Crippen molar-refractivity contribution >= 4 is 44.4 Å². The number of nitrogens with zero attached hydrogens (tertiary/aromatic N) is 6. The number of aromatic nitrogens is 6. The molecule has 366 valence electrons. The van der Waals surface area contributed by atoms with Gasteiger partial charge in [-0.3, -0.25) is 0 Å². The predicted octanol–water partition coefficient (Wildman–Crippen LogP) is 13.4. The van der Waals surface area contributed by atoms with Crippen LogP contribution in [0.15, 0.2) is 182 Å². The molecule has 4 heterocycles. The molecule has 74 heavy (non-hydrogen) atoms. The topological polar surface area (TPSA) is 78.6 Å². The molecule has 0 fully saturated rings. The van der Waals surface area contributed by atoms with Gasteiger partial charge in [-0.2, -0.15) is 0 Å². The van der Waals surface area contributed by atoms with Crippen molar-refractivity contribution in [3.63, 3.8) is 0 Å². The predicted molar refractivity (Wildman–Crippen MR) is 307 cm³/mol. The summed E-state index contributed by atoms with van der Waals surface area (Å²) in [5, 5.41) is 2.23. The minimum absolute atomic E-state index is 0.0447. The van der Waals surface area contributed by atoms with E-state index in [0.717, 1.165) is 97.3 Å². The number of para-hydroxylation sites is 1. The number of benzene rings is 7. The minimum atomic E-state index is -0.241. The molecule has 1 aliphatic carbocycles. The molecule has 10 aromatic rings. The Morgan fingerprint density at radius 3 is 2.09 bits per heavy atom. The Balaban J connectivity index is 1.14. The maximum atomic E-state index is 6.90. The van der Waals surface area contributed by atoms with Crippen molar-refractivity contribution in [2.24, 2.45) is 0 Å². The van der Waals surface area contributed by atoms with Crippen LogP contribution in [0, 0.1) is 14.1 Å². The molecule has 12 rings (SSSR count). The molecule has 0 bridgehead atoms. The zero-order valence-corrected chi connectivity index (χ0v) is 46.3. The van der Waals surface area contributed by atoms with Gasteiger partial charge in [-0.25, -0.2) is 4.98 Å². The van der Waals surface area contributed by atoms with Gasteiger partial charge in [0, 0.05) is 22.6 Å². The summed E-state index contributed by atoms with van der Waals surface area (Å²) in [6.07, 6.45) is 14.3. The maximum absolute atomic E-state index is 6.90.